The fourth-order valence-corrected chi connectivity index (χ4v) is 2.35. The zero-order valence-electron chi connectivity index (χ0n) is 11.9. The SMILES string of the molecule is CCCn1c(-c2cccc(OC)c2)ccc(C(=O)Cl)c1=O. The predicted molar refractivity (Wildman–Crippen MR) is 83.2 cm³/mol. The molecule has 4 nitrogen and oxygen atoms in total. The van der Waals surface area contributed by atoms with Gasteiger partial charge in [-0.3, -0.25) is 9.59 Å². The lowest BCUT2D eigenvalue weighted by Gasteiger charge is -2.14. The first-order chi connectivity index (χ1) is 10.1. The Balaban J connectivity index is 2.65. The summed E-state index contributed by atoms with van der Waals surface area (Å²) in [4.78, 5) is 23.7. The van der Waals surface area contributed by atoms with Crippen molar-refractivity contribution in [3.05, 3.63) is 52.3 Å². The normalized spacial score (nSPS) is 10.4. The van der Waals surface area contributed by atoms with E-state index < -0.39 is 5.24 Å². The highest BCUT2D eigenvalue weighted by molar-refractivity contribution is 6.67. The van der Waals surface area contributed by atoms with Crippen molar-refractivity contribution in [1.29, 1.82) is 0 Å². The van der Waals surface area contributed by atoms with Crippen LogP contribution >= 0.6 is 11.6 Å². The van der Waals surface area contributed by atoms with Gasteiger partial charge in [0.15, 0.2) is 0 Å². The molecule has 1 aromatic heterocycles. The summed E-state index contributed by atoms with van der Waals surface area (Å²) in [5.74, 6) is 0.709. The molecule has 0 aliphatic heterocycles. The number of benzene rings is 1. The Labute approximate surface area is 127 Å². The van der Waals surface area contributed by atoms with Crippen LogP contribution < -0.4 is 10.3 Å². The molecule has 0 saturated carbocycles. The number of hydrogen-bond donors (Lipinski definition) is 0. The van der Waals surface area contributed by atoms with Crippen molar-refractivity contribution in [2.24, 2.45) is 0 Å². The van der Waals surface area contributed by atoms with Crippen molar-refractivity contribution in [1.82, 2.24) is 4.57 Å². The Hall–Kier alpha value is -2.07. The number of carbonyl (C=O) groups is 1. The first-order valence-corrected chi connectivity index (χ1v) is 7.04. The van der Waals surface area contributed by atoms with Gasteiger partial charge in [0.05, 0.1) is 18.4 Å². The van der Waals surface area contributed by atoms with E-state index in [1.54, 1.807) is 17.7 Å². The molecule has 0 spiro atoms. The molecule has 0 saturated heterocycles. The van der Waals surface area contributed by atoms with Crippen LogP contribution in [0.5, 0.6) is 5.75 Å². The number of ether oxygens (including phenoxy) is 1. The fourth-order valence-electron chi connectivity index (χ4n) is 2.21. The summed E-state index contributed by atoms with van der Waals surface area (Å²) in [5, 5.41) is -0.734. The number of aromatic nitrogens is 1. The second-order valence-corrected chi connectivity index (χ2v) is 4.94. The predicted octanol–water partition coefficient (Wildman–Crippen LogP) is 3.31. The molecule has 0 radical (unpaired) electrons. The Morgan fingerprint density at radius 2 is 2.05 bits per heavy atom. The largest absolute Gasteiger partial charge is 0.497 e. The Morgan fingerprint density at radius 1 is 1.29 bits per heavy atom. The molecule has 0 fully saturated rings. The van der Waals surface area contributed by atoms with Crippen molar-refractivity contribution in [2.45, 2.75) is 19.9 Å². The second kappa shape index (κ2) is 6.59. The maximum absolute atomic E-state index is 12.4. The molecule has 0 aliphatic carbocycles. The smallest absolute Gasteiger partial charge is 0.263 e. The summed E-state index contributed by atoms with van der Waals surface area (Å²) < 4.78 is 6.78. The first kappa shape index (κ1) is 15.3. The van der Waals surface area contributed by atoms with E-state index in [1.165, 1.54) is 6.07 Å². The minimum absolute atomic E-state index is 0.00300. The van der Waals surface area contributed by atoms with Crippen molar-refractivity contribution >= 4 is 16.8 Å². The van der Waals surface area contributed by atoms with Gasteiger partial charge in [-0.25, -0.2) is 0 Å². The molecule has 0 aliphatic rings. The monoisotopic (exact) mass is 305 g/mol. The van der Waals surface area contributed by atoms with Crippen LogP contribution in [-0.4, -0.2) is 16.9 Å². The molecule has 0 bridgehead atoms. The molecule has 1 aromatic carbocycles. The van der Waals surface area contributed by atoms with Gasteiger partial charge < -0.3 is 9.30 Å². The number of carbonyl (C=O) groups excluding carboxylic acids is 1. The highest BCUT2D eigenvalue weighted by Crippen LogP contribution is 2.23. The molecule has 0 unspecified atom stereocenters. The molecule has 2 aromatic rings. The topological polar surface area (TPSA) is 48.3 Å². The molecular weight excluding hydrogens is 290 g/mol. The molecule has 110 valence electrons. The van der Waals surface area contributed by atoms with Crippen molar-refractivity contribution in [3.63, 3.8) is 0 Å². The van der Waals surface area contributed by atoms with Gasteiger partial charge in [0.25, 0.3) is 10.8 Å². The lowest BCUT2D eigenvalue weighted by atomic mass is 10.1. The van der Waals surface area contributed by atoms with Crippen LogP contribution in [0, 0.1) is 0 Å². The van der Waals surface area contributed by atoms with Gasteiger partial charge in [-0.2, -0.15) is 0 Å². The van der Waals surface area contributed by atoms with Crippen LogP contribution in [0.1, 0.15) is 23.7 Å². The minimum atomic E-state index is -0.734. The third-order valence-corrected chi connectivity index (χ3v) is 3.40. The summed E-state index contributed by atoms with van der Waals surface area (Å²) in [5.41, 5.74) is 1.23. The van der Waals surface area contributed by atoms with E-state index in [2.05, 4.69) is 0 Å². The van der Waals surface area contributed by atoms with E-state index in [-0.39, 0.29) is 11.1 Å². The summed E-state index contributed by atoms with van der Waals surface area (Å²) in [6.07, 6.45) is 0.775. The van der Waals surface area contributed by atoms with Gasteiger partial charge in [0.1, 0.15) is 5.75 Å². The van der Waals surface area contributed by atoms with Gasteiger partial charge in [-0.1, -0.05) is 19.1 Å². The number of pyridine rings is 1. The Bertz CT molecular complexity index is 722. The minimum Gasteiger partial charge on any atom is -0.497 e. The molecule has 5 heteroatoms. The lowest BCUT2D eigenvalue weighted by Crippen LogP contribution is -2.26. The zero-order chi connectivity index (χ0) is 15.4. The molecule has 2 rings (SSSR count). The molecule has 0 N–H and O–H groups in total. The number of methoxy groups -OCH3 is 1. The quantitative estimate of drug-likeness (QED) is 0.796. The van der Waals surface area contributed by atoms with Crippen LogP contribution in [0.15, 0.2) is 41.2 Å². The highest BCUT2D eigenvalue weighted by Gasteiger charge is 2.14. The third kappa shape index (κ3) is 3.16. The Morgan fingerprint density at radius 3 is 2.67 bits per heavy atom. The molecule has 21 heavy (non-hydrogen) atoms. The van der Waals surface area contributed by atoms with E-state index in [9.17, 15) is 9.59 Å². The van der Waals surface area contributed by atoms with E-state index in [0.29, 0.717) is 12.3 Å². The van der Waals surface area contributed by atoms with Crippen LogP contribution in [0.4, 0.5) is 0 Å². The Kier molecular flexibility index (Phi) is 4.81. The van der Waals surface area contributed by atoms with Crippen LogP contribution in [0.2, 0.25) is 0 Å². The molecule has 0 amide bonds. The fraction of sp³-hybridized carbons (Fsp3) is 0.250. The maximum atomic E-state index is 12.4. The highest BCUT2D eigenvalue weighted by atomic mass is 35.5. The van der Waals surface area contributed by atoms with Gasteiger partial charge >= 0.3 is 0 Å². The lowest BCUT2D eigenvalue weighted by molar-refractivity contribution is 0.107. The zero-order valence-corrected chi connectivity index (χ0v) is 12.7. The molecular formula is C16H16ClNO3. The summed E-state index contributed by atoms with van der Waals surface area (Å²) >= 11 is 5.45. The second-order valence-electron chi connectivity index (χ2n) is 4.59. The molecule has 0 atom stereocenters. The van der Waals surface area contributed by atoms with Gasteiger partial charge in [0, 0.05) is 12.1 Å². The standard InChI is InChI=1S/C16H16ClNO3/c1-3-9-18-14(8-7-13(15(17)19)16(18)20)11-5-4-6-12(10-11)21-2/h4-8,10H,3,9H2,1-2H3. The number of rotatable bonds is 5. The maximum Gasteiger partial charge on any atom is 0.263 e. The third-order valence-electron chi connectivity index (χ3n) is 3.20. The van der Waals surface area contributed by atoms with Crippen LogP contribution in [0.3, 0.4) is 0 Å². The van der Waals surface area contributed by atoms with Gasteiger partial charge in [-0.05, 0) is 42.3 Å². The molecule has 1 heterocycles. The summed E-state index contributed by atoms with van der Waals surface area (Å²) in [6, 6.07) is 10.6. The van der Waals surface area contributed by atoms with Crippen LogP contribution in [-0.2, 0) is 6.54 Å². The van der Waals surface area contributed by atoms with Gasteiger partial charge in [0.2, 0.25) is 0 Å². The summed E-state index contributed by atoms with van der Waals surface area (Å²) in [7, 11) is 1.59. The average Bonchev–Trinajstić information content (AvgIpc) is 2.49. The van der Waals surface area contributed by atoms with Crippen LogP contribution in [0.25, 0.3) is 11.3 Å². The van der Waals surface area contributed by atoms with Crippen molar-refractivity contribution in [2.75, 3.05) is 7.11 Å². The van der Waals surface area contributed by atoms with Crippen molar-refractivity contribution in [3.8, 4) is 17.0 Å². The van der Waals surface area contributed by atoms with Crippen molar-refractivity contribution < 1.29 is 9.53 Å². The number of hydrogen-bond acceptors (Lipinski definition) is 3. The number of halogens is 1. The number of nitrogens with zero attached hydrogens (tertiary/aromatic N) is 1. The summed E-state index contributed by atoms with van der Waals surface area (Å²) in [6.45, 7) is 2.49. The average molecular weight is 306 g/mol. The van der Waals surface area contributed by atoms with E-state index >= 15 is 0 Å². The first-order valence-electron chi connectivity index (χ1n) is 6.66. The van der Waals surface area contributed by atoms with E-state index in [0.717, 1.165) is 17.7 Å². The van der Waals surface area contributed by atoms with E-state index in [1.807, 2.05) is 31.2 Å². The van der Waals surface area contributed by atoms with Gasteiger partial charge in [-0.15, -0.1) is 0 Å². The van der Waals surface area contributed by atoms with E-state index in [4.69, 9.17) is 16.3 Å².